The molecule has 1 rings (SSSR count). The van der Waals surface area contributed by atoms with Gasteiger partial charge in [-0.1, -0.05) is 28.7 Å². The van der Waals surface area contributed by atoms with Crippen LogP contribution in [-0.2, 0) is 11.2 Å². The second kappa shape index (κ2) is 9.17. The van der Waals surface area contributed by atoms with Gasteiger partial charge < -0.3 is 14.8 Å². The Labute approximate surface area is 144 Å². The van der Waals surface area contributed by atoms with Gasteiger partial charge in [0.05, 0.1) is 6.61 Å². The van der Waals surface area contributed by atoms with Crippen LogP contribution in [0.4, 0.5) is 9.18 Å². The summed E-state index contributed by atoms with van der Waals surface area (Å²) in [4.78, 5) is 11.5. The Kier molecular flexibility index (Phi) is 7.92. The maximum absolute atomic E-state index is 13.8. The molecule has 124 valence electrons. The van der Waals surface area contributed by atoms with E-state index in [0.29, 0.717) is 19.6 Å². The Morgan fingerprint density at radius 1 is 1.36 bits per heavy atom. The average molecular weight is 423 g/mol. The molecule has 0 bridgehead atoms. The number of benzene rings is 1. The van der Waals surface area contributed by atoms with Gasteiger partial charge in [0.25, 0.3) is 0 Å². The number of carbonyl (C=O) groups is 1. The summed E-state index contributed by atoms with van der Waals surface area (Å²) in [6.45, 7) is 6.32. The molecule has 0 fully saturated rings. The summed E-state index contributed by atoms with van der Waals surface area (Å²) < 4.78 is 25.3. The van der Waals surface area contributed by atoms with E-state index in [1.165, 1.54) is 6.07 Å². The molecule has 0 saturated heterocycles. The van der Waals surface area contributed by atoms with Gasteiger partial charge in [0.15, 0.2) is 11.6 Å². The van der Waals surface area contributed by atoms with Gasteiger partial charge in [0.1, 0.15) is 5.60 Å². The number of halogens is 2. The first-order valence-electron chi connectivity index (χ1n) is 7.26. The fourth-order valence-electron chi connectivity index (χ4n) is 1.68. The number of hydrogen-bond donors (Lipinski definition) is 1. The van der Waals surface area contributed by atoms with Crippen LogP contribution in [0.5, 0.6) is 5.75 Å². The average Bonchev–Trinajstić information content (AvgIpc) is 2.39. The molecule has 6 heteroatoms. The minimum absolute atomic E-state index is 0.272. The van der Waals surface area contributed by atoms with E-state index in [2.05, 4.69) is 27.9 Å². The summed E-state index contributed by atoms with van der Waals surface area (Å²) in [7, 11) is 0. The molecule has 0 aliphatic heterocycles. The number of alkyl carbamates (subject to hydrolysis) is 1. The topological polar surface area (TPSA) is 47.6 Å². The molecule has 1 N–H and O–H groups in total. The van der Waals surface area contributed by atoms with Crippen LogP contribution in [0.15, 0.2) is 18.2 Å². The Morgan fingerprint density at radius 3 is 2.68 bits per heavy atom. The molecule has 0 radical (unpaired) electrons. The molecule has 0 spiro atoms. The molecule has 1 amide bonds. The van der Waals surface area contributed by atoms with E-state index in [1.807, 2.05) is 0 Å². The van der Waals surface area contributed by atoms with Crippen LogP contribution in [-0.4, -0.2) is 29.3 Å². The molecule has 1 aromatic rings. The molecular formula is C16H23FINO3. The van der Waals surface area contributed by atoms with Crippen LogP contribution >= 0.6 is 22.6 Å². The third-order valence-electron chi connectivity index (χ3n) is 2.61. The summed E-state index contributed by atoms with van der Waals surface area (Å²) in [5.74, 6) is -0.100. The second-order valence-electron chi connectivity index (χ2n) is 5.83. The lowest BCUT2D eigenvalue weighted by molar-refractivity contribution is 0.0528. The van der Waals surface area contributed by atoms with Gasteiger partial charge in [0.2, 0.25) is 0 Å². The van der Waals surface area contributed by atoms with Crippen LogP contribution < -0.4 is 10.1 Å². The third kappa shape index (κ3) is 7.82. The minimum Gasteiger partial charge on any atom is -0.490 e. The number of rotatable bonds is 7. The van der Waals surface area contributed by atoms with Crippen LogP contribution in [0.25, 0.3) is 0 Å². The Bertz CT molecular complexity index is 489. The highest BCUT2D eigenvalue weighted by atomic mass is 127. The van der Waals surface area contributed by atoms with Crippen molar-refractivity contribution in [3.63, 3.8) is 0 Å². The van der Waals surface area contributed by atoms with Crippen LogP contribution in [0.1, 0.15) is 32.8 Å². The first-order chi connectivity index (χ1) is 10.3. The van der Waals surface area contributed by atoms with E-state index in [0.717, 1.165) is 16.4 Å². The maximum Gasteiger partial charge on any atom is 0.407 e. The number of alkyl halides is 1. The lowest BCUT2D eigenvalue weighted by Crippen LogP contribution is -2.33. The van der Waals surface area contributed by atoms with Gasteiger partial charge in [-0.3, -0.25) is 0 Å². The number of hydrogen-bond acceptors (Lipinski definition) is 3. The SMILES string of the molecule is CC(C)(C)OC(=O)NCCc1ccc(OCCCI)c(F)c1. The van der Waals surface area contributed by atoms with Gasteiger partial charge in [-0.2, -0.15) is 0 Å². The fraction of sp³-hybridized carbons (Fsp3) is 0.562. The maximum atomic E-state index is 13.8. The monoisotopic (exact) mass is 423 g/mol. The molecule has 4 nitrogen and oxygen atoms in total. The summed E-state index contributed by atoms with van der Waals surface area (Å²) in [5, 5.41) is 2.65. The number of carbonyl (C=O) groups excluding carboxylic acids is 1. The summed E-state index contributed by atoms with van der Waals surface area (Å²) in [6.07, 6.45) is 0.956. The number of amides is 1. The Hall–Kier alpha value is -1.05. The summed E-state index contributed by atoms with van der Waals surface area (Å²) in [6, 6.07) is 4.88. The van der Waals surface area contributed by atoms with Crippen molar-refractivity contribution in [2.24, 2.45) is 0 Å². The summed E-state index contributed by atoms with van der Waals surface area (Å²) in [5.41, 5.74) is 0.280. The molecule has 22 heavy (non-hydrogen) atoms. The smallest absolute Gasteiger partial charge is 0.407 e. The highest BCUT2D eigenvalue weighted by Crippen LogP contribution is 2.19. The minimum atomic E-state index is -0.521. The van der Waals surface area contributed by atoms with Crippen molar-refractivity contribution in [2.75, 3.05) is 17.6 Å². The normalized spacial score (nSPS) is 11.1. The van der Waals surface area contributed by atoms with E-state index >= 15 is 0 Å². The highest BCUT2D eigenvalue weighted by molar-refractivity contribution is 14.1. The highest BCUT2D eigenvalue weighted by Gasteiger charge is 2.15. The molecule has 0 unspecified atom stereocenters. The number of ether oxygens (including phenoxy) is 2. The second-order valence-corrected chi connectivity index (χ2v) is 6.91. The van der Waals surface area contributed by atoms with Crippen LogP contribution in [0, 0.1) is 5.82 Å². The molecule has 0 aromatic heterocycles. The lowest BCUT2D eigenvalue weighted by atomic mass is 10.1. The van der Waals surface area contributed by atoms with Crippen LogP contribution in [0.3, 0.4) is 0 Å². The van der Waals surface area contributed by atoms with Crippen molar-refractivity contribution in [1.82, 2.24) is 5.32 Å². The van der Waals surface area contributed by atoms with Crippen LogP contribution in [0.2, 0.25) is 0 Å². The number of nitrogens with one attached hydrogen (secondary N) is 1. The van der Waals surface area contributed by atoms with Crippen molar-refractivity contribution in [3.8, 4) is 5.75 Å². The molecule has 0 heterocycles. The lowest BCUT2D eigenvalue weighted by Gasteiger charge is -2.19. The predicted octanol–water partition coefficient (Wildman–Crippen LogP) is 4.10. The van der Waals surface area contributed by atoms with Crippen molar-refractivity contribution in [2.45, 2.75) is 39.2 Å². The van der Waals surface area contributed by atoms with Crippen molar-refractivity contribution < 1.29 is 18.7 Å². The van der Waals surface area contributed by atoms with E-state index in [4.69, 9.17) is 9.47 Å². The fourth-order valence-corrected chi connectivity index (χ4v) is 1.99. The van der Waals surface area contributed by atoms with Gasteiger partial charge >= 0.3 is 6.09 Å². The molecule has 0 aliphatic rings. The zero-order valence-electron chi connectivity index (χ0n) is 13.2. The van der Waals surface area contributed by atoms with Gasteiger partial charge in [0, 0.05) is 11.0 Å². The first kappa shape index (κ1) is 19.0. The van der Waals surface area contributed by atoms with Gasteiger partial charge in [-0.25, -0.2) is 9.18 Å². The zero-order valence-corrected chi connectivity index (χ0v) is 15.4. The molecule has 0 atom stereocenters. The van der Waals surface area contributed by atoms with Gasteiger partial charge in [-0.05, 0) is 51.3 Å². The molecule has 0 aliphatic carbocycles. The van der Waals surface area contributed by atoms with E-state index in [9.17, 15) is 9.18 Å². The van der Waals surface area contributed by atoms with E-state index in [-0.39, 0.29) is 11.6 Å². The molecule has 1 aromatic carbocycles. The standard InChI is InChI=1S/C16H23FINO3/c1-16(2,3)22-15(20)19-9-7-12-5-6-14(13(17)11-12)21-10-4-8-18/h5-6,11H,4,7-10H2,1-3H3,(H,19,20). The van der Waals surface area contributed by atoms with Crippen molar-refractivity contribution in [3.05, 3.63) is 29.6 Å². The first-order valence-corrected chi connectivity index (χ1v) is 8.78. The quantitative estimate of drug-likeness (QED) is 0.408. The Balaban J connectivity index is 2.40. The molecular weight excluding hydrogens is 400 g/mol. The predicted molar refractivity (Wildman–Crippen MR) is 93.3 cm³/mol. The summed E-state index contributed by atoms with van der Waals surface area (Å²) >= 11 is 2.25. The largest absolute Gasteiger partial charge is 0.490 e. The third-order valence-corrected chi connectivity index (χ3v) is 3.38. The molecule has 0 saturated carbocycles. The van der Waals surface area contributed by atoms with Gasteiger partial charge in [-0.15, -0.1) is 0 Å². The van der Waals surface area contributed by atoms with Crippen molar-refractivity contribution >= 4 is 28.7 Å². The Morgan fingerprint density at radius 2 is 2.09 bits per heavy atom. The zero-order chi connectivity index (χ0) is 16.6. The van der Waals surface area contributed by atoms with E-state index < -0.39 is 11.7 Å². The van der Waals surface area contributed by atoms with E-state index in [1.54, 1.807) is 32.9 Å². The van der Waals surface area contributed by atoms with Crippen molar-refractivity contribution in [1.29, 1.82) is 0 Å².